The van der Waals surface area contributed by atoms with Crippen LogP contribution >= 0.6 is 0 Å². The van der Waals surface area contributed by atoms with E-state index in [2.05, 4.69) is 38.1 Å². The third-order valence-electron chi connectivity index (χ3n) is 7.11. The van der Waals surface area contributed by atoms with Gasteiger partial charge in [0.25, 0.3) is 5.91 Å². The van der Waals surface area contributed by atoms with Gasteiger partial charge in [-0.15, -0.1) is 0 Å². The summed E-state index contributed by atoms with van der Waals surface area (Å²) in [6.07, 6.45) is 3.56. The third kappa shape index (κ3) is 4.10. The number of likely N-dealkylation sites (N-methyl/N-ethyl adjacent to an activating group) is 1. The first-order valence-electron chi connectivity index (χ1n) is 11.5. The first kappa shape index (κ1) is 20.5. The van der Waals surface area contributed by atoms with E-state index in [1.165, 1.54) is 12.1 Å². The lowest BCUT2D eigenvalue weighted by molar-refractivity contribution is 0.100. The number of ether oxygens (including phenoxy) is 1. The summed E-state index contributed by atoms with van der Waals surface area (Å²) in [5.74, 6) is 0.658. The molecule has 0 radical (unpaired) electrons. The summed E-state index contributed by atoms with van der Waals surface area (Å²) in [5, 5.41) is 6.77. The first-order valence-corrected chi connectivity index (χ1v) is 11.5. The SMILES string of the molecule is CN1CCN(CCOc2ccccc2NC(=O)c2ccc3n2CCNC32CCC2)CC1. The van der Waals surface area contributed by atoms with Gasteiger partial charge in [-0.3, -0.25) is 9.69 Å². The predicted octanol–water partition coefficient (Wildman–Crippen LogP) is 2.35. The van der Waals surface area contributed by atoms with Gasteiger partial charge in [0.2, 0.25) is 0 Å². The van der Waals surface area contributed by atoms with Crippen LogP contribution in [0.1, 0.15) is 35.4 Å². The highest BCUT2D eigenvalue weighted by Crippen LogP contribution is 2.43. The number of nitrogens with zero attached hydrogens (tertiary/aromatic N) is 3. The van der Waals surface area contributed by atoms with Crippen LogP contribution in [0.25, 0.3) is 0 Å². The zero-order valence-corrected chi connectivity index (χ0v) is 18.4. The molecule has 2 N–H and O–H groups in total. The molecule has 1 aromatic carbocycles. The molecule has 1 saturated carbocycles. The monoisotopic (exact) mass is 423 g/mol. The quantitative estimate of drug-likeness (QED) is 0.747. The van der Waals surface area contributed by atoms with Gasteiger partial charge < -0.3 is 24.8 Å². The fourth-order valence-corrected chi connectivity index (χ4v) is 5.02. The van der Waals surface area contributed by atoms with Gasteiger partial charge in [-0.25, -0.2) is 0 Å². The fourth-order valence-electron chi connectivity index (χ4n) is 5.02. The van der Waals surface area contributed by atoms with Crippen molar-refractivity contribution in [2.24, 2.45) is 0 Å². The van der Waals surface area contributed by atoms with E-state index >= 15 is 0 Å². The van der Waals surface area contributed by atoms with Crippen LogP contribution in [0, 0.1) is 0 Å². The molecule has 31 heavy (non-hydrogen) atoms. The lowest BCUT2D eigenvalue weighted by Gasteiger charge is -2.46. The number of benzene rings is 1. The number of piperazine rings is 1. The number of amides is 1. The molecule has 7 heteroatoms. The molecule has 1 saturated heterocycles. The topological polar surface area (TPSA) is 61.8 Å². The van der Waals surface area contributed by atoms with E-state index in [4.69, 9.17) is 4.74 Å². The number of aromatic nitrogens is 1. The van der Waals surface area contributed by atoms with Crippen molar-refractivity contribution in [2.75, 3.05) is 58.2 Å². The molecule has 1 amide bonds. The Morgan fingerprint density at radius 3 is 2.68 bits per heavy atom. The summed E-state index contributed by atoms with van der Waals surface area (Å²) >= 11 is 0. The summed E-state index contributed by atoms with van der Waals surface area (Å²) in [7, 11) is 2.16. The van der Waals surface area contributed by atoms with Crippen molar-refractivity contribution in [2.45, 2.75) is 31.3 Å². The summed E-state index contributed by atoms with van der Waals surface area (Å²) in [4.78, 5) is 17.9. The minimum atomic E-state index is -0.0715. The highest BCUT2D eigenvalue weighted by atomic mass is 16.5. The zero-order chi connectivity index (χ0) is 21.3. The predicted molar refractivity (Wildman–Crippen MR) is 122 cm³/mol. The van der Waals surface area contributed by atoms with E-state index < -0.39 is 0 Å². The van der Waals surface area contributed by atoms with E-state index in [0.29, 0.717) is 6.61 Å². The van der Waals surface area contributed by atoms with Crippen LogP contribution in [0.5, 0.6) is 5.75 Å². The standard InChI is InChI=1S/C24H33N5O2/c1-27-13-15-28(16-14-27)17-18-31-21-6-3-2-5-19(21)26-23(30)20-7-8-22-24(9-4-10-24)25-11-12-29(20)22/h2-3,5-8,25H,4,9-18H2,1H3,(H,26,30). The van der Waals surface area contributed by atoms with Crippen molar-refractivity contribution >= 4 is 11.6 Å². The van der Waals surface area contributed by atoms with Crippen LogP contribution in [0.3, 0.4) is 0 Å². The van der Waals surface area contributed by atoms with Crippen LogP contribution in [-0.4, -0.2) is 73.2 Å². The highest BCUT2D eigenvalue weighted by Gasteiger charge is 2.43. The average Bonchev–Trinajstić information content (AvgIpc) is 3.20. The Kier molecular flexibility index (Phi) is 5.73. The van der Waals surface area contributed by atoms with Gasteiger partial charge in [-0.05, 0) is 50.6 Å². The van der Waals surface area contributed by atoms with Crippen LogP contribution in [-0.2, 0) is 12.1 Å². The molecule has 3 heterocycles. The zero-order valence-electron chi connectivity index (χ0n) is 18.4. The minimum absolute atomic E-state index is 0.0715. The van der Waals surface area contributed by atoms with Crippen molar-refractivity contribution < 1.29 is 9.53 Å². The van der Waals surface area contributed by atoms with E-state index in [1.54, 1.807) is 0 Å². The second-order valence-electron chi connectivity index (χ2n) is 9.06. The van der Waals surface area contributed by atoms with Crippen LogP contribution in [0.4, 0.5) is 5.69 Å². The number of nitrogens with one attached hydrogen (secondary N) is 2. The van der Waals surface area contributed by atoms with Gasteiger partial charge in [0, 0.05) is 51.5 Å². The highest BCUT2D eigenvalue weighted by molar-refractivity contribution is 6.04. The fraction of sp³-hybridized carbons (Fsp3) is 0.542. The van der Waals surface area contributed by atoms with Gasteiger partial charge in [0.15, 0.2) is 0 Å². The molecular weight excluding hydrogens is 390 g/mol. The van der Waals surface area contributed by atoms with Crippen LogP contribution in [0.2, 0.25) is 0 Å². The first-order chi connectivity index (χ1) is 15.1. The van der Waals surface area contributed by atoms with Crippen molar-refractivity contribution in [3.63, 3.8) is 0 Å². The van der Waals surface area contributed by atoms with E-state index in [-0.39, 0.29) is 11.4 Å². The number of fused-ring (bicyclic) bond motifs is 2. The molecular formula is C24H33N5O2. The van der Waals surface area contributed by atoms with E-state index in [9.17, 15) is 4.79 Å². The van der Waals surface area contributed by atoms with Crippen molar-refractivity contribution in [3.05, 3.63) is 47.8 Å². The molecule has 2 aliphatic heterocycles. The summed E-state index contributed by atoms with van der Waals surface area (Å²) in [6.45, 7) is 7.62. The molecule has 2 aromatic rings. The molecule has 0 atom stereocenters. The number of hydrogen-bond donors (Lipinski definition) is 2. The third-order valence-corrected chi connectivity index (χ3v) is 7.11. The second-order valence-corrected chi connectivity index (χ2v) is 9.06. The molecule has 1 spiro atoms. The van der Waals surface area contributed by atoms with Gasteiger partial charge >= 0.3 is 0 Å². The number of hydrogen-bond acceptors (Lipinski definition) is 5. The molecule has 166 valence electrons. The van der Waals surface area contributed by atoms with Crippen LogP contribution < -0.4 is 15.4 Å². The normalized spacial score (nSPS) is 20.8. The van der Waals surface area contributed by atoms with Crippen molar-refractivity contribution in [1.82, 2.24) is 19.7 Å². The smallest absolute Gasteiger partial charge is 0.272 e. The molecule has 0 bridgehead atoms. The summed E-state index contributed by atoms with van der Waals surface area (Å²) in [5.41, 5.74) is 2.80. The maximum atomic E-state index is 13.1. The maximum Gasteiger partial charge on any atom is 0.272 e. The number of carbonyl (C=O) groups is 1. The van der Waals surface area contributed by atoms with Gasteiger partial charge in [0.1, 0.15) is 18.1 Å². The molecule has 7 nitrogen and oxygen atoms in total. The molecule has 1 aliphatic carbocycles. The average molecular weight is 424 g/mol. The lowest BCUT2D eigenvalue weighted by Crippen LogP contribution is -2.53. The Bertz CT molecular complexity index is 928. The Labute approximate surface area is 184 Å². The summed E-state index contributed by atoms with van der Waals surface area (Å²) in [6, 6.07) is 11.8. The second kappa shape index (κ2) is 8.65. The largest absolute Gasteiger partial charge is 0.490 e. The van der Waals surface area contributed by atoms with Gasteiger partial charge in [-0.2, -0.15) is 0 Å². The molecule has 2 fully saturated rings. The maximum absolute atomic E-state index is 13.1. The Morgan fingerprint density at radius 2 is 1.90 bits per heavy atom. The van der Waals surface area contributed by atoms with Gasteiger partial charge in [0.05, 0.1) is 11.2 Å². The molecule has 1 aromatic heterocycles. The Hall–Kier alpha value is -2.35. The van der Waals surface area contributed by atoms with Gasteiger partial charge in [-0.1, -0.05) is 12.1 Å². The Morgan fingerprint density at radius 1 is 1.10 bits per heavy atom. The number of anilines is 1. The van der Waals surface area contributed by atoms with E-state index in [1.807, 2.05) is 30.3 Å². The number of rotatable bonds is 6. The Balaban J connectivity index is 1.23. The van der Waals surface area contributed by atoms with Crippen molar-refractivity contribution in [1.29, 1.82) is 0 Å². The summed E-state index contributed by atoms with van der Waals surface area (Å²) < 4.78 is 8.27. The molecule has 0 unspecified atom stereocenters. The number of para-hydroxylation sites is 2. The lowest BCUT2D eigenvalue weighted by atomic mass is 9.73. The number of carbonyl (C=O) groups excluding carboxylic acids is 1. The van der Waals surface area contributed by atoms with Crippen LogP contribution in [0.15, 0.2) is 36.4 Å². The van der Waals surface area contributed by atoms with Crippen molar-refractivity contribution in [3.8, 4) is 5.75 Å². The molecule has 5 rings (SSSR count). The molecule has 3 aliphatic rings. The minimum Gasteiger partial charge on any atom is -0.490 e. The van der Waals surface area contributed by atoms with E-state index in [0.717, 1.165) is 75.8 Å².